The average molecular weight is 309 g/mol. The van der Waals surface area contributed by atoms with Gasteiger partial charge < -0.3 is 15.1 Å². The van der Waals surface area contributed by atoms with Gasteiger partial charge in [0.25, 0.3) is 0 Å². The number of hydrogen-bond donors (Lipinski definition) is 1. The van der Waals surface area contributed by atoms with Crippen LogP contribution in [0.1, 0.15) is 45.4 Å². The van der Waals surface area contributed by atoms with Crippen LogP contribution in [0, 0.1) is 11.8 Å². The van der Waals surface area contributed by atoms with Gasteiger partial charge in [-0.2, -0.15) is 0 Å². The monoisotopic (exact) mass is 309 g/mol. The molecule has 1 saturated heterocycles. The number of amides is 2. The zero-order valence-electron chi connectivity index (χ0n) is 14.3. The average Bonchev–Trinajstić information content (AvgIpc) is 2.49. The number of carbonyl (C=O) groups is 2. The van der Waals surface area contributed by atoms with Crippen LogP contribution in [0.15, 0.2) is 0 Å². The Kier molecular flexibility index (Phi) is 6.24. The Balaban J connectivity index is 1.90. The summed E-state index contributed by atoms with van der Waals surface area (Å²) >= 11 is 0. The van der Waals surface area contributed by atoms with E-state index in [0.29, 0.717) is 18.5 Å². The van der Waals surface area contributed by atoms with Crippen molar-refractivity contribution in [1.29, 1.82) is 0 Å². The van der Waals surface area contributed by atoms with Crippen LogP contribution in [0.2, 0.25) is 0 Å². The van der Waals surface area contributed by atoms with Crippen LogP contribution < -0.4 is 5.32 Å². The van der Waals surface area contributed by atoms with Gasteiger partial charge in [-0.05, 0) is 45.7 Å². The van der Waals surface area contributed by atoms with Gasteiger partial charge in [-0.3, -0.25) is 9.59 Å². The van der Waals surface area contributed by atoms with Gasteiger partial charge >= 0.3 is 0 Å². The molecular formula is C17H31N3O2. The van der Waals surface area contributed by atoms with Gasteiger partial charge in [0.15, 0.2) is 0 Å². The highest BCUT2D eigenvalue weighted by molar-refractivity contribution is 5.81. The summed E-state index contributed by atoms with van der Waals surface area (Å²) in [6.07, 6.45) is 6.61. The lowest BCUT2D eigenvalue weighted by Crippen LogP contribution is -2.50. The standard InChI is InChI=1S/C17H31N3O2/c1-13(21)20-10-6-8-15(12-20)17(22)18-16-9-5-4-7-14(16)11-19(2)3/h14-16H,4-12H2,1-3H3,(H,18,22). The molecule has 1 heterocycles. The molecule has 1 N–H and O–H groups in total. The van der Waals surface area contributed by atoms with E-state index in [1.807, 2.05) is 4.90 Å². The molecule has 1 saturated carbocycles. The molecule has 2 amide bonds. The lowest BCUT2D eigenvalue weighted by molar-refractivity contribution is -0.134. The molecular weight excluding hydrogens is 278 g/mol. The summed E-state index contributed by atoms with van der Waals surface area (Å²) in [5.41, 5.74) is 0. The van der Waals surface area contributed by atoms with Crippen molar-refractivity contribution in [2.45, 2.75) is 51.5 Å². The number of nitrogens with one attached hydrogen (secondary N) is 1. The van der Waals surface area contributed by atoms with Crippen LogP contribution in [-0.4, -0.2) is 61.4 Å². The smallest absolute Gasteiger partial charge is 0.225 e. The van der Waals surface area contributed by atoms with E-state index in [-0.39, 0.29) is 17.7 Å². The van der Waals surface area contributed by atoms with Crippen molar-refractivity contribution in [2.24, 2.45) is 11.8 Å². The topological polar surface area (TPSA) is 52.7 Å². The summed E-state index contributed by atoms with van der Waals surface area (Å²) in [6.45, 7) is 4.02. The molecule has 0 aromatic heterocycles. The second kappa shape index (κ2) is 7.95. The second-order valence-corrected chi connectivity index (χ2v) is 7.23. The predicted octanol–water partition coefficient (Wildman–Crippen LogP) is 1.48. The highest BCUT2D eigenvalue weighted by atomic mass is 16.2. The first-order valence-electron chi connectivity index (χ1n) is 8.68. The Morgan fingerprint density at radius 1 is 1.14 bits per heavy atom. The summed E-state index contributed by atoms with van der Waals surface area (Å²) < 4.78 is 0. The van der Waals surface area contributed by atoms with E-state index in [1.54, 1.807) is 6.92 Å². The van der Waals surface area contributed by atoms with Crippen molar-refractivity contribution in [3.05, 3.63) is 0 Å². The molecule has 2 aliphatic rings. The number of nitrogens with zero attached hydrogens (tertiary/aromatic N) is 2. The van der Waals surface area contributed by atoms with Crippen LogP contribution in [0.25, 0.3) is 0 Å². The van der Waals surface area contributed by atoms with Crippen LogP contribution >= 0.6 is 0 Å². The van der Waals surface area contributed by atoms with E-state index in [2.05, 4.69) is 24.3 Å². The Hall–Kier alpha value is -1.10. The molecule has 0 spiro atoms. The molecule has 3 unspecified atom stereocenters. The largest absolute Gasteiger partial charge is 0.353 e. The summed E-state index contributed by atoms with van der Waals surface area (Å²) in [5.74, 6) is 0.766. The first-order valence-corrected chi connectivity index (χ1v) is 8.68. The maximum atomic E-state index is 12.6. The molecule has 0 aromatic carbocycles. The predicted molar refractivity (Wildman–Crippen MR) is 87.4 cm³/mol. The highest BCUT2D eigenvalue weighted by Crippen LogP contribution is 2.26. The highest BCUT2D eigenvalue weighted by Gasteiger charge is 2.31. The fourth-order valence-corrected chi connectivity index (χ4v) is 3.86. The third-order valence-electron chi connectivity index (χ3n) is 5.07. The van der Waals surface area contributed by atoms with Gasteiger partial charge in [-0.25, -0.2) is 0 Å². The zero-order chi connectivity index (χ0) is 16.1. The fraction of sp³-hybridized carbons (Fsp3) is 0.882. The van der Waals surface area contributed by atoms with Crippen LogP contribution in [0.3, 0.4) is 0 Å². The Morgan fingerprint density at radius 2 is 1.86 bits per heavy atom. The third-order valence-corrected chi connectivity index (χ3v) is 5.07. The number of rotatable bonds is 4. The normalized spacial score (nSPS) is 29.5. The molecule has 5 heteroatoms. The lowest BCUT2D eigenvalue weighted by atomic mass is 9.83. The van der Waals surface area contributed by atoms with E-state index in [1.165, 1.54) is 19.3 Å². The third kappa shape index (κ3) is 4.70. The molecule has 3 atom stereocenters. The van der Waals surface area contributed by atoms with Crippen LogP contribution in [0.5, 0.6) is 0 Å². The molecule has 1 aliphatic heterocycles. The van der Waals surface area contributed by atoms with Crippen molar-refractivity contribution >= 4 is 11.8 Å². The molecule has 5 nitrogen and oxygen atoms in total. The first-order chi connectivity index (χ1) is 10.5. The molecule has 2 fully saturated rings. The first kappa shape index (κ1) is 17.3. The van der Waals surface area contributed by atoms with Gasteiger partial charge in [-0.1, -0.05) is 12.8 Å². The van der Waals surface area contributed by atoms with Gasteiger partial charge in [-0.15, -0.1) is 0 Å². The summed E-state index contributed by atoms with van der Waals surface area (Å²) in [6, 6.07) is 0.302. The minimum absolute atomic E-state index is 0.0282. The van der Waals surface area contributed by atoms with E-state index in [9.17, 15) is 9.59 Å². The van der Waals surface area contributed by atoms with Gasteiger partial charge in [0.05, 0.1) is 5.92 Å². The van der Waals surface area contributed by atoms with E-state index in [4.69, 9.17) is 0 Å². The van der Waals surface area contributed by atoms with Gasteiger partial charge in [0.2, 0.25) is 11.8 Å². The fourth-order valence-electron chi connectivity index (χ4n) is 3.86. The van der Waals surface area contributed by atoms with E-state index < -0.39 is 0 Å². The van der Waals surface area contributed by atoms with Crippen molar-refractivity contribution in [3.8, 4) is 0 Å². The number of carbonyl (C=O) groups excluding carboxylic acids is 2. The van der Waals surface area contributed by atoms with Gasteiger partial charge in [0, 0.05) is 32.6 Å². The van der Waals surface area contributed by atoms with E-state index >= 15 is 0 Å². The molecule has 0 aromatic rings. The molecule has 2 rings (SSSR count). The van der Waals surface area contributed by atoms with Crippen LogP contribution in [-0.2, 0) is 9.59 Å². The lowest BCUT2D eigenvalue weighted by Gasteiger charge is -2.36. The molecule has 0 radical (unpaired) electrons. The maximum absolute atomic E-state index is 12.6. The van der Waals surface area contributed by atoms with Crippen molar-refractivity contribution < 1.29 is 9.59 Å². The summed E-state index contributed by atoms with van der Waals surface area (Å²) in [7, 11) is 4.19. The number of likely N-dealkylation sites (tertiary alicyclic amines) is 1. The molecule has 1 aliphatic carbocycles. The minimum atomic E-state index is -0.0282. The van der Waals surface area contributed by atoms with Gasteiger partial charge in [0.1, 0.15) is 0 Å². The van der Waals surface area contributed by atoms with Crippen molar-refractivity contribution in [1.82, 2.24) is 15.1 Å². The number of hydrogen-bond acceptors (Lipinski definition) is 3. The molecule has 0 bridgehead atoms. The van der Waals surface area contributed by atoms with Crippen LogP contribution in [0.4, 0.5) is 0 Å². The quantitative estimate of drug-likeness (QED) is 0.856. The van der Waals surface area contributed by atoms with Crippen molar-refractivity contribution in [2.75, 3.05) is 33.7 Å². The zero-order valence-corrected chi connectivity index (χ0v) is 14.3. The maximum Gasteiger partial charge on any atom is 0.225 e. The molecule has 22 heavy (non-hydrogen) atoms. The molecule has 126 valence electrons. The van der Waals surface area contributed by atoms with E-state index in [0.717, 1.165) is 32.4 Å². The Bertz CT molecular complexity index is 397. The number of piperidine rings is 1. The Morgan fingerprint density at radius 3 is 2.55 bits per heavy atom. The minimum Gasteiger partial charge on any atom is -0.353 e. The Labute approximate surface area is 134 Å². The summed E-state index contributed by atoms with van der Waals surface area (Å²) in [5, 5.41) is 3.30. The van der Waals surface area contributed by atoms with Crippen molar-refractivity contribution in [3.63, 3.8) is 0 Å². The SMILES string of the molecule is CC(=O)N1CCCC(C(=O)NC2CCCCC2CN(C)C)C1. The second-order valence-electron chi connectivity index (χ2n) is 7.23. The summed E-state index contributed by atoms with van der Waals surface area (Å²) in [4.78, 5) is 28.1.